The quantitative estimate of drug-likeness (QED) is 0.611. The van der Waals surface area contributed by atoms with Gasteiger partial charge in [-0.1, -0.05) is 29.8 Å². The molecule has 7 nitrogen and oxygen atoms in total. The van der Waals surface area contributed by atoms with Crippen LogP contribution in [0, 0.1) is 0 Å². The van der Waals surface area contributed by atoms with Crippen LogP contribution in [0.15, 0.2) is 41.0 Å². The largest absolute Gasteiger partial charge is 0.367 e. The van der Waals surface area contributed by atoms with Crippen molar-refractivity contribution in [3.8, 4) is 11.3 Å². The third kappa shape index (κ3) is 3.89. The number of aromatic nitrogens is 3. The van der Waals surface area contributed by atoms with Crippen molar-refractivity contribution in [2.24, 2.45) is 0 Å². The molecule has 2 aromatic heterocycles. The maximum atomic E-state index is 11.7. The second kappa shape index (κ2) is 7.62. The number of fused-ring (bicyclic) bond motifs is 1. The summed E-state index contributed by atoms with van der Waals surface area (Å²) in [6.07, 6.45) is 4.40. The van der Waals surface area contributed by atoms with Gasteiger partial charge in [-0.25, -0.2) is 17.7 Å². The molecule has 0 bridgehead atoms. The first-order valence-corrected chi connectivity index (χ1v) is 11.9. The summed E-state index contributed by atoms with van der Waals surface area (Å²) in [7, 11) is -3.14. The van der Waals surface area contributed by atoms with Crippen LogP contribution in [0.1, 0.15) is 12.8 Å². The Morgan fingerprint density at radius 1 is 1.25 bits per heavy atom. The summed E-state index contributed by atoms with van der Waals surface area (Å²) in [6, 6.07) is 9.64. The molecule has 3 heterocycles. The van der Waals surface area contributed by atoms with Gasteiger partial charge in [0.2, 0.25) is 10.0 Å². The van der Waals surface area contributed by atoms with E-state index < -0.39 is 10.0 Å². The van der Waals surface area contributed by atoms with Crippen molar-refractivity contribution in [3.63, 3.8) is 0 Å². The number of benzene rings is 1. The topological polar surface area (TPSA) is 79.6 Å². The van der Waals surface area contributed by atoms with E-state index >= 15 is 0 Å². The van der Waals surface area contributed by atoms with Crippen molar-refractivity contribution < 1.29 is 8.42 Å². The third-order valence-electron chi connectivity index (χ3n) is 4.85. The minimum atomic E-state index is -3.14. The summed E-state index contributed by atoms with van der Waals surface area (Å²) in [5.74, 6) is 0.795. The molecular weight excluding hydrogens is 466 g/mol. The highest BCUT2D eigenvalue weighted by molar-refractivity contribution is 9.10. The highest BCUT2D eigenvalue weighted by Gasteiger charge is 2.25. The van der Waals surface area contributed by atoms with Crippen molar-refractivity contribution in [2.45, 2.75) is 18.9 Å². The third-order valence-corrected chi connectivity index (χ3v) is 7.05. The van der Waals surface area contributed by atoms with Gasteiger partial charge in [0, 0.05) is 35.8 Å². The molecule has 1 saturated heterocycles. The molecule has 1 aliphatic heterocycles. The molecular formula is C18H19BrClN5O2S. The predicted molar refractivity (Wildman–Crippen MR) is 114 cm³/mol. The molecule has 0 atom stereocenters. The van der Waals surface area contributed by atoms with Gasteiger partial charge in [-0.05, 0) is 34.8 Å². The number of nitrogens with zero attached hydrogens (tertiary/aromatic N) is 4. The number of halogens is 2. The summed E-state index contributed by atoms with van der Waals surface area (Å²) >= 11 is 9.87. The van der Waals surface area contributed by atoms with Crippen LogP contribution in [0.2, 0.25) is 5.02 Å². The first kappa shape index (κ1) is 19.6. The molecule has 4 rings (SSSR count). The van der Waals surface area contributed by atoms with E-state index in [-0.39, 0.29) is 6.04 Å². The smallest absolute Gasteiger partial charge is 0.211 e. The molecule has 148 valence electrons. The zero-order valence-electron chi connectivity index (χ0n) is 15.1. The zero-order chi connectivity index (χ0) is 19.9. The average Bonchev–Trinajstić information content (AvgIpc) is 3.03. The van der Waals surface area contributed by atoms with Crippen LogP contribution in [-0.4, -0.2) is 52.7 Å². The Labute approximate surface area is 176 Å². The SMILES string of the molecule is CS(=O)(=O)N1CCC(Nc2cc(-c3ccccc3Cl)nc3c(Br)cnn23)CC1. The van der Waals surface area contributed by atoms with E-state index in [1.807, 2.05) is 30.3 Å². The molecule has 1 N–H and O–H groups in total. The van der Waals surface area contributed by atoms with E-state index in [2.05, 4.69) is 26.3 Å². The van der Waals surface area contributed by atoms with Crippen LogP contribution in [0.5, 0.6) is 0 Å². The Balaban J connectivity index is 1.66. The molecule has 28 heavy (non-hydrogen) atoms. The van der Waals surface area contributed by atoms with Crippen LogP contribution in [-0.2, 0) is 10.0 Å². The highest BCUT2D eigenvalue weighted by Crippen LogP contribution is 2.31. The molecule has 10 heteroatoms. The van der Waals surface area contributed by atoms with Gasteiger partial charge in [-0.2, -0.15) is 9.61 Å². The van der Waals surface area contributed by atoms with Gasteiger partial charge in [-0.3, -0.25) is 0 Å². The maximum Gasteiger partial charge on any atom is 0.211 e. The molecule has 0 spiro atoms. The molecule has 0 unspecified atom stereocenters. The lowest BCUT2D eigenvalue weighted by atomic mass is 10.1. The second-order valence-corrected chi connectivity index (χ2v) is 10.1. The molecule has 0 radical (unpaired) electrons. The molecule has 1 aromatic carbocycles. The highest BCUT2D eigenvalue weighted by atomic mass is 79.9. The standard InChI is InChI=1S/C18H19BrClN5O2S/c1-28(26,27)24-8-6-12(7-9-24)22-17-10-16(13-4-2-3-5-15(13)20)23-18-14(19)11-21-25(17)18/h2-5,10-12,22H,6-9H2,1H3. The van der Waals surface area contributed by atoms with Crippen molar-refractivity contribution in [3.05, 3.63) is 46.0 Å². The van der Waals surface area contributed by atoms with Crippen LogP contribution < -0.4 is 5.32 Å². The van der Waals surface area contributed by atoms with Crippen molar-refractivity contribution in [1.82, 2.24) is 18.9 Å². The Kier molecular flexibility index (Phi) is 5.34. The van der Waals surface area contributed by atoms with Crippen LogP contribution >= 0.6 is 27.5 Å². The maximum absolute atomic E-state index is 11.7. The second-order valence-electron chi connectivity index (χ2n) is 6.82. The van der Waals surface area contributed by atoms with Gasteiger partial charge in [0.05, 0.1) is 22.6 Å². The van der Waals surface area contributed by atoms with Gasteiger partial charge in [0.15, 0.2) is 5.65 Å². The van der Waals surface area contributed by atoms with Gasteiger partial charge in [0.1, 0.15) is 5.82 Å². The summed E-state index contributed by atoms with van der Waals surface area (Å²) in [5, 5.41) is 8.54. The lowest BCUT2D eigenvalue weighted by molar-refractivity contribution is 0.331. The van der Waals surface area contributed by atoms with E-state index in [4.69, 9.17) is 16.6 Å². The zero-order valence-corrected chi connectivity index (χ0v) is 18.3. The summed E-state index contributed by atoms with van der Waals surface area (Å²) in [6.45, 7) is 1.01. The van der Waals surface area contributed by atoms with Gasteiger partial charge >= 0.3 is 0 Å². The summed E-state index contributed by atoms with van der Waals surface area (Å²) in [5.41, 5.74) is 2.28. The molecule has 1 fully saturated rings. The van der Waals surface area contributed by atoms with E-state index in [1.54, 1.807) is 10.7 Å². The number of hydrogen-bond acceptors (Lipinski definition) is 5. The Hall–Kier alpha value is -1.68. The Bertz CT molecular complexity index is 1130. The fraction of sp³-hybridized carbons (Fsp3) is 0.333. The van der Waals surface area contributed by atoms with Crippen molar-refractivity contribution in [2.75, 3.05) is 24.7 Å². The predicted octanol–water partition coefficient (Wildman–Crippen LogP) is 3.65. The molecule has 0 aliphatic carbocycles. The van der Waals surface area contributed by atoms with Gasteiger partial charge in [-0.15, -0.1) is 0 Å². The van der Waals surface area contributed by atoms with Gasteiger partial charge in [0.25, 0.3) is 0 Å². The minimum Gasteiger partial charge on any atom is -0.367 e. The van der Waals surface area contributed by atoms with Crippen molar-refractivity contribution >= 4 is 49.0 Å². The van der Waals surface area contributed by atoms with Gasteiger partial charge < -0.3 is 5.32 Å². The Morgan fingerprint density at radius 3 is 2.64 bits per heavy atom. The van der Waals surface area contributed by atoms with Crippen molar-refractivity contribution in [1.29, 1.82) is 0 Å². The number of rotatable bonds is 4. The summed E-state index contributed by atoms with van der Waals surface area (Å²) < 4.78 is 27.5. The lowest BCUT2D eigenvalue weighted by Gasteiger charge is -2.31. The first-order valence-electron chi connectivity index (χ1n) is 8.84. The van der Waals surface area contributed by atoms with E-state index in [9.17, 15) is 8.42 Å². The minimum absolute atomic E-state index is 0.144. The summed E-state index contributed by atoms with van der Waals surface area (Å²) in [4.78, 5) is 4.71. The molecule has 0 saturated carbocycles. The number of sulfonamides is 1. The molecule has 3 aromatic rings. The normalized spacial score (nSPS) is 16.5. The number of piperidine rings is 1. The first-order chi connectivity index (χ1) is 13.3. The van der Waals surface area contributed by atoms with E-state index in [0.717, 1.165) is 34.4 Å². The monoisotopic (exact) mass is 483 g/mol. The van der Waals surface area contributed by atoms with Crippen LogP contribution in [0.25, 0.3) is 16.9 Å². The van der Waals surface area contributed by atoms with Crippen LogP contribution in [0.4, 0.5) is 5.82 Å². The van der Waals surface area contributed by atoms with E-state index in [1.165, 1.54) is 10.6 Å². The number of anilines is 1. The average molecular weight is 485 g/mol. The molecule has 0 amide bonds. The Morgan fingerprint density at radius 2 is 1.96 bits per heavy atom. The number of hydrogen-bond donors (Lipinski definition) is 1. The fourth-order valence-electron chi connectivity index (χ4n) is 3.39. The van der Waals surface area contributed by atoms with Crippen LogP contribution in [0.3, 0.4) is 0 Å². The molecule has 1 aliphatic rings. The fourth-order valence-corrected chi connectivity index (χ4v) is 4.84. The number of nitrogens with one attached hydrogen (secondary N) is 1. The van der Waals surface area contributed by atoms with E-state index in [0.29, 0.717) is 23.8 Å². The lowest BCUT2D eigenvalue weighted by Crippen LogP contribution is -2.42.